The van der Waals surface area contributed by atoms with Crippen LogP contribution in [-0.4, -0.2) is 87.1 Å². The Balaban J connectivity index is 1.25. The van der Waals surface area contributed by atoms with Gasteiger partial charge in [-0.25, -0.2) is 9.37 Å². The van der Waals surface area contributed by atoms with Crippen LogP contribution in [0.15, 0.2) is 40.9 Å². The Morgan fingerprint density at radius 1 is 1.04 bits per heavy atom. The van der Waals surface area contributed by atoms with E-state index in [1.165, 1.54) is 23.2 Å². The second-order valence-electron chi connectivity index (χ2n) is 16.2. The molecule has 2 saturated carbocycles. The van der Waals surface area contributed by atoms with Gasteiger partial charge in [0.05, 0.1) is 17.6 Å². The molecule has 3 fully saturated rings. The number of oxazole rings is 1. The van der Waals surface area contributed by atoms with E-state index in [1.54, 1.807) is 18.2 Å². The van der Waals surface area contributed by atoms with Crippen molar-refractivity contribution in [1.29, 1.82) is 0 Å². The van der Waals surface area contributed by atoms with E-state index in [1.807, 2.05) is 27.7 Å². The number of hydrogen-bond donors (Lipinski definition) is 4. The smallest absolute Gasteiger partial charge is 0.296 e. The maximum atomic E-state index is 14.8. The van der Waals surface area contributed by atoms with Crippen LogP contribution in [0, 0.1) is 17.2 Å². The number of rotatable bonds is 15. The molecule has 16 heteroatoms. The first kappa shape index (κ1) is 40.9. The van der Waals surface area contributed by atoms with E-state index in [4.69, 9.17) is 20.8 Å². The molecule has 3 aromatic rings. The number of carbonyl (C=O) groups excluding carboxylic acids is 5. The molecule has 56 heavy (non-hydrogen) atoms. The van der Waals surface area contributed by atoms with E-state index < -0.39 is 70.9 Å². The van der Waals surface area contributed by atoms with Gasteiger partial charge in [-0.3, -0.25) is 24.0 Å². The van der Waals surface area contributed by atoms with E-state index in [0.29, 0.717) is 17.0 Å². The van der Waals surface area contributed by atoms with Crippen molar-refractivity contribution in [3.8, 4) is 5.88 Å². The standard InChI is InChI=1S/C40H51ClFN7O7/c1-5-10-27(32(50)37(53)44-24-16-17-24)45-35(51)29-19-25(55-30-18-15-23(41)20-43-30)21-49(29)38(54)34(40(2,3)4)48-36(52)31(22-11-7-6-8-12-22)47-39-46-28-14-9-13-26(42)33(28)56-39/h9,13-15,18,20,22,24-25,27,29,31,34H,5-8,10-12,16-17,19,21H2,1-4H3,(H,44,53)(H,45,51)(H,46,47)(H,48,52)/t25?,27-,29-,31+,34+/m1/s1. The van der Waals surface area contributed by atoms with Gasteiger partial charge in [0, 0.05) is 24.7 Å². The number of nitrogens with zero attached hydrogens (tertiary/aromatic N) is 3. The maximum Gasteiger partial charge on any atom is 0.296 e. The number of nitrogens with one attached hydrogen (secondary N) is 4. The summed E-state index contributed by atoms with van der Waals surface area (Å²) in [5.41, 5.74) is -0.575. The van der Waals surface area contributed by atoms with Crippen molar-refractivity contribution in [2.24, 2.45) is 11.3 Å². The highest BCUT2D eigenvalue weighted by atomic mass is 35.5. The summed E-state index contributed by atoms with van der Waals surface area (Å²) in [7, 11) is 0. The highest BCUT2D eigenvalue weighted by Gasteiger charge is 2.47. The second kappa shape index (κ2) is 17.6. The number of ketones is 1. The minimum atomic E-state index is -1.12. The number of aromatic nitrogens is 2. The van der Waals surface area contributed by atoms with E-state index in [0.717, 1.165) is 44.9 Å². The van der Waals surface area contributed by atoms with Crippen molar-refractivity contribution in [1.82, 2.24) is 30.8 Å². The monoisotopic (exact) mass is 795 g/mol. The molecule has 5 atom stereocenters. The largest absolute Gasteiger partial charge is 0.472 e. The van der Waals surface area contributed by atoms with Gasteiger partial charge >= 0.3 is 0 Å². The van der Waals surface area contributed by atoms with Crippen molar-refractivity contribution in [2.45, 2.75) is 128 Å². The number of hydrogen-bond acceptors (Lipinski definition) is 10. The van der Waals surface area contributed by atoms with E-state index in [2.05, 4.69) is 31.2 Å². The van der Waals surface area contributed by atoms with E-state index in [-0.39, 0.29) is 48.8 Å². The van der Waals surface area contributed by atoms with Crippen LogP contribution in [0.2, 0.25) is 5.02 Å². The van der Waals surface area contributed by atoms with Crippen molar-refractivity contribution in [3.63, 3.8) is 0 Å². The number of pyridine rings is 1. The lowest BCUT2D eigenvalue weighted by atomic mass is 9.82. The number of para-hydroxylation sites is 1. The summed E-state index contributed by atoms with van der Waals surface area (Å²) in [4.78, 5) is 79.2. The average Bonchev–Trinajstić information content (AvgIpc) is 3.71. The van der Waals surface area contributed by atoms with Gasteiger partial charge in [-0.1, -0.05) is 71.0 Å². The number of Topliss-reactive ketones (excluding diaryl/α,β-unsaturated/α-hetero) is 1. The molecule has 14 nitrogen and oxygen atoms in total. The molecular formula is C40H51ClFN7O7. The molecule has 4 N–H and O–H groups in total. The third-order valence-electron chi connectivity index (χ3n) is 10.6. The van der Waals surface area contributed by atoms with Crippen molar-refractivity contribution in [3.05, 3.63) is 47.4 Å². The SMILES string of the molecule is CCC[C@@H](NC(=O)[C@H]1CC(Oc2ccc(Cl)cn2)CN1C(=O)[C@H](NC(=O)[C@@H](Nc1nc2cccc(F)c2o1)C1CCCCC1)C(C)(C)C)C(=O)C(=O)NC1CC1. The number of benzene rings is 1. The first-order chi connectivity index (χ1) is 26.7. The number of halogens is 2. The van der Waals surface area contributed by atoms with Crippen LogP contribution in [0.1, 0.15) is 91.9 Å². The van der Waals surface area contributed by atoms with Crippen LogP contribution in [0.3, 0.4) is 0 Å². The normalized spacial score (nSPS) is 20.5. The fourth-order valence-electron chi connectivity index (χ4n) is 7.47. The number of fused-ring (bicyclic) bond motifs is 1. The lowest BCUT2D eigenvalue weighted by Gasteiger charge is -2.37. The molecule has 1 aromatic carbocycles. The molecule has 0 spiro atoms. The highest BCUT2D eigenvalue weighted by molar-refractivity contribution is 6.38. The minimum Gasteiger partial charge on any atom is -0.472 e. The van der Waals surface area contributed by atoms with Gasteiger partial charge in [0.15, 0.2) is 11.4 Å². The topological polar surface area (TPSA) is 185 Å². The van der Waals surface area contributed by atoms with E-state index in [9.17, 15) is 28.4 Å². The van der Waals surface area contributed by atoms with Gasteiger partial charge in [-0.15, -0.1) is 0 Å². The highest BCUT2D eigenvalue weighted by Crippen LogP contribution is 2.32. The van der Waals surface area contributed by atoms with Crippen LogP contribution >= 0.6 is 11.6 Å². The summed E-state index contributed by atoms with van der Waals surface area (Å²) in [5.74, 6) is -3.58. The quantitative estimate of drug-likeness (QED) is 0.151. The molecule has 0 radical (unpaired) electrons. The Morgan fingerprint density at radius 3 is 2.43 bits per heavy atom. The molecule has 3 heterocycles. The summed E-state index contributed by atoms with van der Waals surface area (Å²) in [6.07, 6.45) is 7.48. The number of carbonyl (C=O) groups is 5. The molecule has 2 aromatic heterocycles. The van der Waals surface area contributed by atoms with Crippen molar-refractivity contribution < 1.29 is 37.5 Å². The van der Waals surface area contributed by atoms with Gasteiger partial charge in [-0.05, 0) is 61.6 Å². The Labute approximate surface area is 330 Å². The molecular weight excluding hydrogens is 745 g/mol. The Hall–Kier alpha value is -4.79. The molecule has 3 aliphatic rings. The second-order valence-corrected chi connectivity index (χ2v) is 16.6. The fourth-order valence-corrected chi connectivity index (χ4v) is 7.58. The van der Waals surface area contributed by atoms with Gasteiger partial charge < -0.3 is 35.3 Å². The van der Waals surface area contributed by atoms with Crippen LogP contribution in [0.5, 0.6) is 5.88 Å². The Kier molecular flexibility index (Phi) is 12.8. The zero-order valence-electron chi connectivity index (χ0n) is 32.2. The summed E-state index contributed by atoms with van der Waals surface area (Å²) in [6.45, 7) is 7.25. The lowest BCUT2D eigenvalue weighted by molar-refractivity contribution is -0.145. The predicted molar refractivity (Wildman–Crippen MR) is 206 cm³/mol. The molecule has 302 valence electrons. The van der Waals surface area contributed by atoms with Crippen LogP contribution < -0.4 is 26.0 Å². The van der Waals surface area contributed by atoms with Crippen LogP contribution in [0.4, 0.5) is 10.4 Å². The maximum absolute atomic E-state index is 14.8. The Bertz CT molecular complexity index is 1910. The molecule has 1 unspecified atom stereocenters. The molecule has 6 rings (SSSR count). The summed E-state index contributed by atoms with van der Waals surface area (Å²) in [6, 6.07) is 3.36. The van der Waals surface area contributed by atoms with Gasteiger partial charge in [0.2, 0.25) is 29.4 Å². The Morgan fingerprint density at radius 2 is 1.79 bits per heavy atom. The van der Waals surface area contributed by atoms with Crippen molar-refractivity contribution >= 4 is 58.1 Å². The van der Waals surface area contributed by atoms with Crippen LogP contribution in [0.25, 0.3) is 11.1 Å². The lowest BCUT2D eigenvalue weighted by Crippen LogP contribution is -2.61. The zero-order chi connectivity index (χ0) is 40.1. The molecule has 1 saturated heterocycles. The first-order valence-electron chi connectivity index (χ1n) is 19.6. The zero-order valence-corrected chi connectivity index (χ0v) is 33.0. The third kappa shape index (κ3) is 9.95. The molecule has 0 bridgehead atoms. The number of anilines is 1. The molecule has 2 aliphatic carbocycles. The first-order valence-corrected chi connectivity index (χ1v) is 19.9. The fraction of sp³-hybridized carbons (Fsp3) is 0.575. The summed E-state index contributed by atoms with van der Waals surface area (Å²) < 4.78 is 26.3. The number of ether oxygens (including phenoxy) is 1. The summed E-state index contributed by atoms with van der Waals surface area (Å²) >= 11 is 6.03. The minimum absolute atomic E-state index is 0.0106. The van der Waals surface area contributed by atoms with Gasteiger partial charge in [0.25, 0.3) is 11.9 Å². The average molecular weight is 796 g/mol. The van der Waals surface area contributed by atoms with Crippen LogP contribution in [-0.2, 0) is 24.0 Å². The number of likely N-dealkylation sites (tertiary alicyclic amines) is 1. The summed E-state index contributed by atoms with van der Waals surface area (Å²) in [5, 5.41) is 12.0. The van der Waals surface area contributed by atoms with Gasteiger partial charge in [0.1, 0.15) is 29.7 Å². The van der Waals surface area contributed by atoms with Crippen molar-refractivity contribution in [2.75, 3.05) is 11.9 Å². The predicted octanol–water partition coefficient (Wildman–Crippen LogP) is 5.09. The third-order valence-corrected chi connectivity index (χ3v) is 10.9. The molecule has 4 amide bonds. The molecule has 1 aliphatic heterocycles. The van der Waals surface area contributed by atoms with Gasteiger partial charge in [-0.2, -0.15) is 4.98 Å². The van der Waals surface area contributed by atoms with E-state index >= 15 is 0 Å². The number of amides is 4.